The molecule has 1 aliphatic rings. The number of nitrogens with one attached hydrogen (secondary N) is 1. The average molecular weight is 444 g/mol. The third kappa shape index (κ3) is 4.22. The number of hydrogen-bond donors (Lipinski definition) is 1. The van der Waals surface area contributed by atoms with Crippen molar-refractivity contribution < 1.29 is 27.6 Å². The number of amides is 1. The predicted octanol–water partition coefficient (Wildman–Crippen LogP) is 4.40. The molecule has 1 aliphatic heterocycles. The van der Waals surface area contributed by atoms with E-state index in [2.05, 4.69) is 15.2 Å². The fourth-order valence-corrected chi connectivity index (χ4v) is 3.55. The lowest BCUT2D eigenvalue weighted by atomic mass is 9.89. The number of benzene rings is 2. The summed E-state index contributed by atoms with van der Waals surface area (Å²) >= 11 is 0. The quantitative estimate of drug-likeness (QED) is 0.463. The summed E-state index contributed by atoms with van der Waals surface area (Å²) < 4.78 is 45.0. The number of alkyl halides is 3. The fraction of sp³-hybridized carbons (Fsp3) is 0.190. The highest BCUT2D eigenvalue weighted by Crippen LogP contribution is 2.38. The van der Waals surface area contributed by atoms with Crippen LogP contribution in [0.1, 0.15) is 40.3 Å². The number of fused-ring (bicyclic) bond motifs is 1. The molecular weight excluding hydrogens is 429 g/mol. The van der Waals surface area contributed by atoms with Crippen LogP contribution in [0.4, 0.5) is 18.9 Å². The standard InChI is InChI=1S/C21H15F3N4O4/c22-21(23,24)16-4-2-1-3-13(16)11-32-19-6-5-12(7-18(19)28(30)31)14-8-20(29)25-10-17-15(14)9-26-27-17/h1-7,9-10,14H,8,11H2,(H,26,27). The van der Waals surface area contributed by atoms with E-state index >= 15 is 0 Å². The minimum atomic E-state index is -4.58. The first kappa shape index (κ1) is 21.2. The van der Waals surface area contributed by atoms with Gasteiger partial charge in [-0.2, -0.15) is 18.3 Å². The molecule has 8 nitrogen and oxygen atoms in total. The Morgan fingerprint density at radius 3 is 2.75 bits per heavy atom. The summed E-state index contributed by atoms with van der Waals surface area (Å²) in [4.78, 5) is 26.8. The second kappa shape index (κ2) is 8.25. The van der Waals surface area contributed by atoms with E-state index in [-0.39, 0.29) is 17.7 Å². The molecule has 11 heteroatoms. The largest absolute Gasteiger partial charge is 0.482 e. The molecule has 0 saturated heterocycles. The Kier molecular flexibility index (Phi) is 5.47. The number of nitro groups is 1. The summed E-state index contributed by atoms with van der Waals surface area (Å²) in [5.41, 5.74) is 0.196. The molecule has 2 heterocycles. The summed E-state index contributed by atoms with van der Waals surface area (Å²) in [5, 5.41) is 18.3. The highest BCUT2D eigenvalue weighted by Gasteiger charge is 2.33. The van der Waals surface area contributed by atoms with Crippen molar-refractivity contribution in [2.45, 2.75) is 25.1 Å². The predicted molar refractivity (Wildman–Crippen MR) is 107 cm³/mol. The lowest BCUT2D eigenvalue weighted by molar-refractivity contribution is -0.386. The van der Waals surface area contributed by atoms with Crippen molar-refractivity contribution in [1.29, 1.82) is 0 Å². The molecule has 1 amide bonds. The van der Waals surface area contributed by atoms with E-state index in [1.54, 1.807) is 0 Å². The number of aromatic amines is 1. The highest BCUT2D eigenvalue weighted by atomic mass is 19.4. The Bertz CT molecular complexity index is 1220. The molecule has 0 bridgehead atoms. The number of hydrogen-bond acceptors (Lipinski definition) is 5. The SMILES string of the molecule is O=C1CC(c2ccc(OCc3ccccc3C(F)(F)F)c([N+](=O)[O-])c2)c2cn[nH]c2C=N1. The van der Waals surface area contributed by atoms with Crippen LogP contribution >= 0.6 is 0 Å². The Morgan fingerprint density at radius 1 is 1.22 bits per heavy atom. The van der Waals surface area contributed by atoms with Gasteiger partial charge < -0.3 is 4.74 Å². The minimum absolute atomic E-state index is 0.0145. The number of nitrogens with zero attached hydrogens (tertiary/aromatic N) is 3. The summed E-state index contributed by atoms with van der Waals surface area (Å²) in [6, 6.07) is 8.97. The van der Waals surface area contributed by atoms with Crippen molar-refractivity contribution in [2.75, 3.05) is 0 Å². The molecule has 0 radical (unpaired) electrons. The van der Waals surface area contributed by atoms with Crippen LogP contribution in [-0.4, -0.2) is 27.2 Å². The maximum Gasteiger partial charge on any atom is 0.416 e. The van der Waals surface area contributed by atoms with Crippen molar-refractivity contribution >= 4 is 17.8 Å². The Morgan fingerprint density at radius 2 is 2.00 bits per heavy atom. The molecular formula is C21H15F3N4O4. The molecule has 3 aromatic rings. The first-order valence-corrected chi connectivity index (χ1v) is 9.40. The number of ether oxygens (including phenoxy) is 1. The number of aromatic nitrogens is 2. The van der Waals surface area contributed by atoms with E-state index in [4.69, 9.17) is 4.74 Å². The van der Waals surface area contributed by atoms with E-state index in [0.29, 0.717) is 16.8 Å². The molecule has 164 valence electrons. The second-order valence-electron chi connectivity index (χ2n) is 7.08. The first-order chi connectivity index (χ1) is 15.2. The van der Waals surface area contributed by atoms with Crippen LogP contribution in [0.5, 0.6) is 5.75 Å². The summed E-state index contributed by atoms with van der Waals surface area (Å²) in [6.07, 6.45) is -1.71. The third-order valence-corrected chi connectivity index (χ3v) is 5.08. The molecule has 0 fully saturated rings. The number of carbonyl (C=O) groups is 1. The van der Waals surface area contributed by atoms with Crippen molar-refractivity contribution in [2.24, 2.45) is 4.99 Å². The first-order valence-electron chi connectivity index (χ1n) is 9.40. The van der Waals surface area contributed by atoms with Gasteiger partial charge in [0.2, 0.25) is 5.91 Å². The molecule has 1 atom stereocenters. The van der Waals surface area contributed by atoms with Crippen LogP contribution in [0.2, 0.25) is 0 Å². The molecule has 1 unspecified atom stereocenters. The van der Waals surface area contributed by atoms with Crippen molar-refractivity contribution in [3.63, 3.8) is 0 Å². The van der Waals surface area contributed by atoms with E-state index in [1.807, 2.05) is 0 Å². The maximum absolute atomic E-state index is 13.2. The van der Waals surface area contributed by atoms with Gasteiger partial charge in [0.15, 0.2) is 5.75 Å². The van der Waals surface area contributed by atoms with Gasteiger partial charge in [-0.05, 0) is 17.7 Å². The average Bonchev–Trinajstić information content (AvgIpc) is 3.16. The van der Waals surface area contributed by atoms with Gasteiger partial charge in [0, 0.05) is 29.5 Å². The molecule has 0 spiro atoms. The van der Waals surface area contributed by atoms with Gasteiger partial charge in [-0.3, -0.25) is 20.0 Å². The maximum atomic E-state index is 13.2. The van der Waals surface area contributed by atoms with Crippen LogP contribution in [0.15, 0.2) is 53.7 Å². The lowest BCUT2D eigenvalue weighted by Gasteiger charge is -2.16. The van der Waals surface area contributed by atoms with Crippen LogP contribution in [0.3, 0.4) is 0 Å². The van der Waals surface area contributed by atoms with Gasteiger partial charge >= 0.3 is 11.9 Å². The smallest absolute Gasteiger partial charge is 0.416 e. The van der Waals surface area contributed by atoms with Gasteiger partial charge in [0.1, 0.15) is 6.61 Å². The van der Waals surface area contributed by atoms with Crippen molar-refractivity contribution in [3.8, 4) is 5.75 Å². The van der Waals surface area contributed by atoms with Crippen LogP contribution in [0.25, 0.3) is 0 Å². The monoisotopic (exact) mass is 444 g/mol. The van der Waals surface area contributed by atoms with Gasteiger partial charge in [-0.25, -0.2) is 4.99 Å². The van der Waals surface area contributed by atoms with Crippen LogP contribution in [-0.2, 0) is 17.6 Å². The van der Waals surface area contributed by atoms with E-state index in [9.17, 15) is 28.1 Å². The summed E-state index contributed by atoms with van der Waals surface area (Å²) in [6.45, 7) is -0.502. The zero-order valence-electron chi connectivity index (χ0n) is 16.3. The van der Waals surface area contributed by atoms with Gasteiger partial charge in [-0.15, -0.1) is 0 Å². The molecule has 0 saturated carbocycles. The number of rotatable bonds is 5. The molecule has 0 aliphatic carbocycles. The lowest BCUT2D eigenvalue weighted by Crippen LogP contribution is -2.11. The van der Waals surface area contributed by atoms with Crippen LogP contribution in [0, 0.1) is 10.1 Å². The van der Waals surface area contributed by atoms with Crippen LogP contribution < -0.4 is 4.74 Å². The van der Waals surface area contributed by atoms with Crippen molar-refractivity contribution in [3.05, 3.63) is 86.7 Å². The molecule has 4 rings (SSSR count). The normalized spacial score (nSPS) is 15.8. The van der Waals surface area contributed by atoms with E-state index in [0.717, 1.165) is 6.07 Å². The Hall–Kier alpha value is -4.02. The van der Waals surface area contributed by atoms with Gasteiger partial charge in [0.25, 0.3) is 0 Å². The summed E-state index contributed by atoms with van der Waals surface area (Å²) in [5.74, 6) is -1.11. The third-order valence-electron chi connectivity index (χ3n) is 5.08. The minimum Gasteiger partial charge on any atom is -0.482 e. The highest BCUT2D eigenvalue weighted by molar-refractivity contribution is 5.94. The Balaban J connectivity index is 1.65. The topological polar surface area (TPSA) is 110 Å². The number of halogens is 3. The van der Waals surface area contributed by atoms with Gasteiger partial charge in [-0.1, -0.05) is 24.3 Å². The number of H-pyrrole nitrogens is 1. The Labute approximate surface area is 178 Å². The van der Waals surface area contributed by atoms with Crippen molar-refractivity contribution in [1.82, 2.24) is 10.2 Å². The number of nitro benzene ring substituents is 1. The molecule has 32 heavy (non-hydrogen) atoms. The molecule has 1 aromatic heterocycles. The van der Waals surface area contributed by atoms with E-state index in [1.165, 1.54) is 48.8 Å². The van der Waals surface area contributed by atoms with E-state index < -0.39 is 40.8 Å². The number of carbonyl (C=O) groups excluding carboxylic acids is 1. The fourth-order valence-electron chi connectivity index (χ4n) is 3.55. The summed E-state index contributed by atoms with van der Waals surface area (Å²) in [7, 11) is 0. The second-order valence-corrected chi connectivity index (χ2v) is 7.08. The number of aliphatic imine (C=N–C) groups is 1. The zero-order chi connectivity index (χ0) is 22.9. The molecule has 2 aromatic carbocycles. The molecule has 1 N–H and O–H groups in total. The zero-order valence-corrected chi connectivity index (χ0v) is 16.3. The van der Waals surface area contributed by atoms with Gasteiger partial charge in [0.05, 0.1) is 28.6 Å².